The number of pyridine rings is 1. The molecular formula is C14H15N3O. The van der Waals surface area contributed by atoms with E-state index in [9.17, 15) is 4.79 Å². The van der Waals surface area contributed by atoms with Gasteiger partial charge in [0.05, 0.1) is 5.69 Å². The molecule has 0 bridgehead atoms. The van der Waals surface area contributed by atoms with Crippen LogP contribution in [0.25, 0.3) is 11.3 Å². The first-order valence-electron chi connectivity index (χ1n) is 6.18. The summed E-state index contributed by atoms with van der Waals surface area (Å²) in [4.78, 5) is 23.6. The van der Waals surface area contributed by atoms with E-state index in [1.54, 1.807) is 12.4 Å². The number of hydrogen-bond acceptors (Lipinski definition) is 3. The summed E-state index contributed by atoms with van der Waals surface area (Å²) >= 11 is 0. The number of nitrogens with one attached hydrogen (secondary N) is 1. The van der Waals surface area contributed by atoms with Crippen molar-refractivity contribution < 1.29 is 0 Å². The Kier molecular flexibility index (Phi) is 2.51. The Morgan fingerprint density at radius 1 is 1.33 bits per heavy atom. The fourth-order valence-electron chi connectivity index (χ4n) is 2.10. The van der Waals surface area contributed by atoms with E-state index in [-0.39, 0.29) is 5.56 Å². The number of hydrogen-bond donors (Lipinski definition) is 1. The average Bonchev–Trinajstić information content (AvgIpc) is 3.18. The predicted octanol–water partition coefficient (Wildman–Crippen LogP) is 2.33. The molecule has 3 rings (SSSR count). The normalized spacial score (nSPS) is 14.8. The average molecular weight is 241 g/mol. The third-order valence-corrected chi connectivity index (χ3v) is 3.41. The Morgan fingerprint density at radius 2 is 2.11 bits per heavy atom. The third kappa shape index (κ3) is 1.83. The fraction of sp³-hybridized carbons (Fsp3) is 0.357. The van der Waals surface area contributed by atoms with Crippen molar-refractivity contribution in [1.29, 1.82) is 0 Å². The van der Waals surface area contributed by atoms with E-state index in [1.807, 2.05) is 19.9 Å². The van der Waals surface area contributed by atoms with Crippen molar-refractivity contribution in [3.63, 3.8) is 0 Å². The molecule has 0 unspecified atom stereocenters. The van der Waals surface area contributed by atoms with E-state index in [1.165, 1.54) is 0 Å². The second-order valence-electron chi connectivity index (χ2n) is 4.89. The minimum Gasteiger partial charge on any atom is -0.310 e. The molecule has 1 saturated carbocycles. The van der Waals surface area contributed by atoms with Gasteiger partial charge in [0, 0.05) is 29.4 Å². The predicted molar refractivity (Wildman–Crippen MR) is 69.5 cm³/mol. The lowest BCUT2D eigenvalue weighted by Gasteiger charge is -2.09. The summed E-state index contributed by atoms with van der Waals surface area (Å²) in [6.07, 6.45) is 5.79. The summed E-state index contributed by atoms with van der Waals surface area (Å²) in [7, 11) is 0. The summed E-state index contributed by atoms with van der Waals surface area (Å²) in [5.41, 5.74) is 3.48. The van der Waals surface area contributed by atoms with Gasteiger partial charge in [0.15, 0.2) is 0 Å². The largest absolute Gasteiger partial charge is 0.310 e. The van der Waals surface area contributed by atoms with Gasteiger partial charge in [-0.2, -0.15) is 0 Å². The monoisotopic (exact) mass is 241 g/mol. The minimum absolute atomic E-state index is 0.0295. The Labute approximate surface area is 105 Å². The van der Waals surface area contributed by atoms with Crippen molar-refractivity contribution >= 4 is 0 Å². The van der Waals surface area contributed by atoms with Crippen LogP contribution in [0.1, 0.15) is 35.7 Å². The van der Waals surface area contributed by atoms with Gasteiger partial charge in [-0.05, 0) is 38.3 Å². The quantitative estimate of drug-likeness (QED) is 0.877. The zero-order valence-electron chi connectivity index (χ0n) is 10.5. The maximum absolute atomic E-state index is 12.0. The molecule has 2 heterocycles. The third-order valence-electron chi connectivity index (χ3n) is 3.41. The van der Waals surface area contributed by atoms with E-state index < -0.39 is 0 Å². The van der Waals surface area contributed by atoms with Gasteiger partial charge in [-0.25, -0.2) is 4.98 Å². The van der Waals surface area contributed by atoms with Crippen molar-refractivity contribution in [2.45, 2.75) is 32.6 Å². The molecule has 92 valence electrons. The summed E-state index contributed by atoms with van der Waals surface area (Å²) in [5.74, 6) is 1.27. The van der Waals surface area contributed by atoms with Gasteiger partial charge in [-0.15, -0.1) is 0 Å². The van der Waals surface area contributed by atoms with Crippen molar-refractivity contribution in [1.82, 2.24) is 15.0 Å². The van der Waals surface area contributed by atoms with Crippen LogP contribution in [0.5, 0.6) is 0 Å². The smallest absolute Gasteiger partial charge is 0.254 e. The highest BCUT2D eigenvalue weighted by Gasteiger charge is 2.27. The highest BCUT2D eigenvalue weighted by Crippen LogP contribution is 2.38. The molecule has 1 aliphatic rings. The van der Waals surface area contributed by atoms with E-state index in [2.05, 4.69) is 15.0 Å². The molecule has 1 N–H and O–H groups in total. The van der Waals surface area contributed by atoms with Gasteiger partial charge in [-0.1, -0.05) is 0 Å². The maximum Gasteiger partial charge on any atom is 0.254 e. The van der Waals surface area contributed by atoms with Crippen LogP contribution in [0.4, 0.5) is 0 Å². The SMILES string of the molecule is Cc1cnccc1-c1nc(C2CC2)[nH]c(=O)c1C. The van der Waals surface area contributed by atoms with Crippen molar-refractivity contribution in [2.24, 2.45) is 0 Å². The summed E-state index contributed by atoms with van der Waals surface area (Å²) < 4.78 is 0. The lowest BCUT2D eigenvalue weighted by Crippen LogP contribution is -2.16. The summed E-state index contributed by atoms with van der Waals surface area (Å²) in [5, 5.41) is 0. The van der Waals surface area contributed by atoms with Gasteiger partial charge < -0.3 is 4.98 Å². The second kappa shape index (κ2) is 4.05. The molecule has 0 atom stereocenters. The first-order valence-corrected chi connectivity index (χ1v) is 6.18. The van der Waals surface area contributed by atoms with Crippen LogP contribution in [0.3, 0.4) is 0 Å². The summed E-state index contributed by atoms with van der Waals surface area (Å²) in [6, 6.07) is 1.92. The number of H-pyrrole nitrogens is 1. The highest BCUT2D eigenvalue weighted by molar-refractivity contribution is 5.65. The topological polar surface area (TPSA) is 58.6 Å². The molecule has 0 amide bonds. The van der Waals surface area contributed by atoms with Crippen LogP contribution in [-0.2, 0) is 0 Å². The lowest BCUT2D eigenvalue weighted by molar-refractivity contribution is 0.900. The van der Waals surface area contributed by atoms with E-state index in [0.717, 1.165) is 35.5 Å². The second-order valence-corrected chi connectivity index (χ2v) is 4.89. The molecule has 0 radical (unpaired) electrons. The van der Waals surface area contributed by atoms with Crippen LogP contribution in [0, 0.1) is 13.8 Å². The van der Waals surface area contributed by atoms with Crippen molar-refractivity contribution in [3.8, 4) is 11.3 Å². The van der Waals surface area contributed by atoms with E-state index in [0.29, 0.717) is 11.5 Å². The molecule has 1 fully saturated rings. The zero-order valence-corrected chi connectivity index (χ0v) is 10.5. The fourth-order valence-corrected chi connectivity index (χ4v) is 2.10. The Bertz CT molecular complexity index is 656. The summed E-state index contributed by atoms with van der Waals surface area (Å²) in [6.45, 7) is 3.80. The Morgan fingerprint density at radius 3 is 2.78 bits per heavy atom. The molecule has 1 aliphatic carbocycles. The minimum atomic E-state index is -0.0295. The first kappa shape index (κ1) is 11.1. The molecule has 0 spiro atoms. The molecule has 0 saturated heterocycles. The van der Waals surface area contributed by atoms with Crippen LogP contribution in [0.2, 0.25) is 0 Å². The van der Waals surface area contributed by atoms with Crippen LogP contribution in [-0.4, -0.2) is 15.0 Å². The van der Waals surface area contributed by atoms with Crippen molar-refractivity contribution in [3.05, 3.63) is 45.8 Å². The maximum atomic E-state index is 12.0. The van der Waals surface area contributed by atoms with Crippen LogP contribution >= 0.6 is 0 Å². The molecule has 0 aromatic carbocycles. The highest BCUT2D eigenvalue weighted by atomic mass is 16.1. The standard InChI is InChI=1S/C14H15N3O/c1-8-7-15-6-5-11(8)12-9(2)14(18)17-13(16-12)10-3-4-10/h5-7,10H,3-4H2,1-2H3,(H,16,17,18). The number of aromatic amines is 1. The van der Waals surface area contributed by atoms with Crippen molar-refractivity contribution in [2.75, 3.05) is 0 Å². The van der Waals surface area contributed by atoms with Gasteiger partial charge >= 0.3 is 0 Å². The number of nitrogens with zero attached hydrogens (tertiary/aromatic N) is 2. The van der Waals surface area contributed by atoms with Crippen LogP contribution < -0.4 is 5.56 Å². The van der Waals surface area contributed by atoms with Gasteiger partial charge in [-0.3, -0.25) is 9.78 Å². The molecular weight excluding hydrogens is 226 g/mol. The molecule has 4 heteroatoms. The molecule has 2 aromatic heterocycles. The number of aryl methyl sites for hydroxylation is 1. The molecule has 0 aliphatic heterocycles. The number of rotatable bonds is 2. The van der Waals surface area contributed by atoms with Crippen LogP contribution in [0.15, 0.2) is 23.3 Å². The first-order chi connectivity index (χ1) is 8.66. The lowest BCUT2D eigenvalue weighted by atomic mass is 10.0. The Hall–Kier alpha value is -1.97. The van der Waals surface area contributed by atoms with Gasteiger partial charge in [0.1, 0.15) is 5.82 Å². The number of aromatic nitrogens is 3. The molecule has 4 nitrogen and oxygen atoms in total. The van der Waals surface area contributed by atoms with Gasteiger partial charge in [0.25, 0.3) is 5.56 Å². The van der Waals surface area contributed by atoms with E-state index in [4.69, 9.17) is 0 Å². The van der Waals surface area contributed by atoms with Gasteiger partial charge in [0.2, 0.25) is 0 Å². The molecule has 2 aromatic rings. The van der Waals surface area contributed by atoms with E-state index >= 15 is 0 Å². The molecule has 18 heavy (non-hydrogen) atoms. The Balaban J connectivity index is 2.22. The zero-order chi connectivity index (χ0) is 12.7.